The number of urea groups is 1. The SMILES string of the molecule is NC(=O)CN(CC(N)=O)C(=O)NC1(CC(=O)O)CCCC1. The maximum atomic E-state index is 12.2. The van der Waals surface area contributed by atoms with Crippen LogP contribution < -0.4 is 16.8 Å². The molecule has 0 aliphatic heterocycles. The molecule has 0 atom stereocenters. The van der Waals surface area contributed by atoms with Gasteiger partial charge >= 0.3 is 12.0 Å². The average Bonchev–Trinajstić information content (AvgIpc) is 2.74. The predicted molar refractivity (Wildman–Crippen MR) is 71.9 cm³/mol. The summed E-state index contributed by atoms with van der Waals surface area (Å²) in [5.41, 5.74) is 9.19. The van der Waals surface area contributed by atoms with Crippen LogP contribution in [0.4, 0.5) is 4.79 Å². The molecule has 1 saturated carbocycles. The molecule has 0 heterocycles. The molecule has 0 bridgehead atoms. The molecule has 1 fully saturated rings. The molecule has 0 spiro atoms. The van der Waals surface area contributed by atoms with Crippen molar-refractivity contribution in [1.29, 1.82) is 0 Å². The van der Waals surface area contributed by atoms with Gasteiger partial charge in [0.15, 0.2) is 0 Å². The number of carbonyl (C=O) groups excluding carboxylic acids is 3. The van der Waals surface area contributed by atoms with E-state index in [0.29, 0.717) is 12.8 Å². The molecule has 6 N–H and O–H groups in total. The summed E-state index contributed by atoms with van der Waals surface area (Å²) < 4.78 is 0. The summed E-state index contributed by atoms with van der Waals surface area (Å²) in [5.74, 6) is -2.59. The molecule has 1 aliphatic rings. The van der Waals surface area contributed by atoms with E-state index in [-0.39, 0.29) is 6.42 Å². The van der Waals surface area contributed by atoms with Crippen molar-refractivity contribution < 1.29 is 24.3 Å². The number of nitrogens with two attached hydrogens (primary N) is 2. The maximum Gasteiger partial charge on any atom is 0.318 e. The number of carboxylic acid groups (broad SMARTS) is 1. The molecule has 0 unspecified atom stereocenters. The average molecular weight is 300 g/mol. The Labute approximate surface area is 121 Å². The summed E-state index contributed by atoms with van der Waals surface area (Å²) in [4.78, 5) is 45.9. The summed E-state index contributed by atoms with van der Waals surface area (Å²) in [6.45, 7) is -0.921. The van der Waals surface area contributed by atoms with Crippen LogP contribution in [0.3, 0.4) is 0 Å². The first kappa shape index (κ1) is 16.7. The lowest BCUT2D eigenvalue weighted by atomic mass is 9.93. The zero-order chi connectivity index (χ0) is 16.0. The van der Waals surface area contributed by atoms with Crippen molar-refractivity contribution >= 4 is 23.8 Å². The fraction of sp³-hybridized carbons (Fsp3) is 0.667. The monoisotopic (exact) mass is 300 g/mol. The highest BCUT2D eigenvalue weighted by Crippen LogP contribution is 2.32. The Morgan fingerprint density at radius 2 is 1.52 bits per heavy atom. The third-order valence-corrected chi connectivity index (χ3v) is 3.40. The maximum absolute atomic E-state index is 12.2. The molecule has 118 valence electrons. The highest BCUT2D eigenvalue weighted by molar-refractivity contribution is 5.87. The first-order chi connectivity index (χ1) is 9.74. The number of aliphatic carboxylic acids is 1. The highest BCUT2D eigenvalue weighted by atomic mass is 16.4. The Morgan fingerprint density at radius 1 is 1.05 bits per heavy atom. The van der Waals surface area contributed by atoms with E-state index in [1.54, 1.807) is 0 Å². The van der Waals surface area contributed by atoms with Gasteiger partial charge in [-0.2, -0.15) is 0 Å². The van der Waals surface area contributed by atoms with Gasteiger partial charge in [-0.05, 0) is 12.8 Å². The van der Waals surface area contributed by atoms with Gasteiger partial charge < -0.3 is 26.8 Å². The fourth-order valence-corrected chi connectivity index (χ4v) is 2.57. The molecule has 0 aromatic heterocycles. The van der Waals surface area contributed by atoms with E-state index >= 15 is 0 Å². The number of hydrogen-bond donors (Lipinski definition) is 4. The number of carboxylic acids is 1. The van der Waals surface area contributed by atoms with E-state index in [1.165, 1.54) is 0 Å². The lowest BCUT2D eigenvalue weighted by Crippen LogP contribution is -2.55. The molecule has 9 heteroatoms. The van der Waals surface area contributed by atoms with Crippen LogP contribution in [0.5, 0.6) is 0 Å². The number of primary amides is 2. The van der Waals surface area contributed by atoms with Crippen molar-refractivity contribution in [2.24, 2.45) is 11.5 Å². The van der Waals surface area contributed by atoms with Gasteiger partial charge in [-0.15, -0.1) is 0 Å². The van der Waals surface area contributed by atoms with E-state index in [4.69, 9.17) is 16.6 Å². The van der Waals surface area contributed by atoms with Crippen molar-refractivity contribution in [3.05, 3.63) is 0 Å². The van der Waals surface area contributed by atoms with E-state index < -0.39 is 42.4 Å². The largest absolute Gasteiger partial charge is 0.481 e. The van der Waals surface area contributed by atoms with Crippen molar-refractivity contribution in [1.82, 2.24) is 10.2 Å². The van der Waals surface area contributed by atoms with Crippen LogP contribution in [-0.4, -0.2) is 52.4 Å². The molecular formula is C12H20N4O5. The van der Waals surface area contributed by atoms with Gasteiger partial charge in [-0.3, -0.25) is 14.4 Å². The lowest BCUT2D eigenvalue weighted by Gasteiger charge is -2.31. The second kappa shape index (κ2) is 6.91. The van der Waals surface area contributed by atoms with Crippen LogP contribution in [0.25, 0.3) is 0 Å². The summed E-state index contributed by atoms with van der Waals surface area (Å²) >= 11 is 0. The predicted octanol–water partition coefficient (Wildman–Crippen LogP) is -1.24. The third-order valence-electron chi connectivity index (χ3n) is 3.40. The molecule has 0 saturated heterocycles. The Morgan fingerprint density at radius 3 is 1.90 bits per heavy atom. The van der Waals surface area contributed by atoms with Crippen molar-refractivity contribution in [3.63, 3.8) is 0 Å². The molecule has 9 nitrogen and oxygen atoms in total. The van der Waals surface area contributed by atoms with E-state index in [0.717, 1.165) is 17.7 Å². The van der Waals surface area contributed by atoms with E-state index in [1.807, 2.05) is 0 Å². The van der Waals surface area contributed by atoms with Crippen molar-refractivity contribution in [2.75, 3.05) is 13.1 Å². The second-order valence-electron chi connectivity index (χ2n) is 5.28. The van der Waals surface area contributed by atoms with Crippen LogP contribution in [0.2, 0.25) is 0 Å². The molecule has 1 rings (SSSR count). The zero-order valence-corrected chi connectivity index (χ0v) is 11.6. The minimum absolute atomic E-state index is 0.209. The van der Waals surface area contributed by atoms with E-state index in [9.17, 15) is 19.2 Å². The van der Waals surface area contributed by atoms with Crippen LogP contribution >= 0.6 is 0 Å². The molecule has 0 radical (unpaired) electrons. The summed E-state index contributed by atoms with van der Waals surface area (Å²) in [6.07, 6.45) is 2.47. The smallest absolute Gasteiger partial charge is 0.318 e. The van der Waals surface area contributed by atoms with Crippen LogP contribution in [0.15, 0.2) is 0 Å². The number of rotatable bonds is 7. The van der Waals surface area contributed by atoms with Gasteiger partial charge in [-0.25, -0.2) is 4.79 Å². The quantitative estimate of drug-likeness (QED) is 0.462. The first-order valence-electron chi connectivity index (χ1n) is 6.59. The van der Waals surface area contributed by atoms with Crippen LogP contribution in [-0.2, 0) is 14.4 Å². The van der Waals surface area contributed by atoms with Crippen LogP contribution in [0.1, 0.15) is 32.1 Å². The summed E-state index contributed by atoms with van der Waals surface area (Å²) in [7, 11) is 0. The molecule has 1 aliphatic carbocycles. The Balaban J connectivity index is 2.79. The molecule has 0 aromatic carbocycles. The van der Waals surface area contributed by atoms with Gasteiger partial charge in [0.1, 0.15) is 13.1 Å². The minimum atomic E-state index is -1.02. The van der Waals surface area contributed by atoms with E-state index in [2.05, 4.69) is 5.32 Å². The molecule has 0 aromatic rings. The topological polar surface area (TPSA) is 156 Å². The van der Waals surface area contributed by atoms with Crippen LogP contribution in [0, 0.1) is 0 Å². The summed E-state index contributed by atoms with van der Waals surface area (Å²) in [5, 5.41) is 11.6. The zero-order valence-electron chi connectivity index (χ0n) is 11.6. The van der Waals surface area contributed by atoms with Gasteiger partial charge in [0, 0.05) is 0 Å². The summed E-state index contributed by atoms with van der Waals surface area (Å²) in [6, 6.07) is -0.712. The minimum Gasteiger partial charge on any atom is -0.481 e. The van der Waals surface area contributed by atoms with Gasteiger partial charge in [0.2, 0.25) is 11.8 Å². The Bertz CT molecular complexity index is 429. The fourth-order valence-electron chi connectivity index (χ4n) is 2.57. The van der Waals surface area contributed by atoms with Crippen molar-refractivity contribution in [2.45, 2.75) is 37.6 Å². The first-order valence-corrected chi connectivity index (χ1v) is 6.59. The molecular weight excluding hydrogens is 280 g/mol. The number of carbonyl (C=O) groups is 4. The molecule has 21 heavy (non-hydrogen) atoms. The second-order valence-corrected chi connectivity index (χ2v) is 5.28. The van der Waals surface area contributed by atoms with Gasteiger partial charge in [0.25, 0.3) is 0 Å². The third kappa shape index (κ3) is 5.28. The van der Waals surface area contributed by atoms with Gasteiger partial charge in [-0.1, -0.05) is 12.8 Å². The number of nitrogens with one attached hydrogen (secondary N) is 1. The Hall–Kier alpha value is -2.32. The number of hydrogen-bond acceptors (Lipinski definition) is 4. The van der Waals surface area contributed by atoms with Crippen molar-refractivity contribution in [3.8, 4) is 0 Å². The standard InChI is InChI=1S/C12H20N4O5/c13-8(17)6-16(7-9(14)18)11(21)15-12(5-10(19)20)3-1-2-4-12/h1-7H2,(H2,13,17)(H2,14,18)(H,15,21)(H,19,20). The molecule has 4 amide bonds. The lowest BCUT2D eigenvalue weighted by molar-refractivity contribution is -0.138. The Kier molecular flexibility index (Phi) is 5.51. The number of amides is 4. The highest BCUT2D eigenvalue weighted by Gasteiger charge is 2.38. The number of nitrogens with zero attached hydrogens (tertiary/aromatic N) is 1. The normalized spacial score (nSPS) is 16.2. The van der Waals surface area contributed by atoms with Gasteiger partial charge in [0.05, 0.1) is 12.0 Å².